The van der Waals surface area contributed by atoms with Crippen molar-refractivity contribution in [3.63, 3.8) is 0 Å². The number of para-hydroxylation sites is 1. The van der Waals surface area contributed by atoms with Crippen molar-refractivity contribution >= 4 is 0 Å². The summed E-state index contributed by atoms with van der Waals surface area (Å²) in [6.07, 6.45) is 2.52. The number of aryl methyl sites for hydroxylation is 1. The molecule has 0 N–H and O–H groups in total. The van der Waals surface area contributed by atoms with Gasteiger partial charge in [0.2, 0.25) is 5.69 Å². The molecule has 2 aliphatic heterocycles. The minimum absolute atomic E-state index is 0.0128. The molecular formula is C19H15FN4O2. The second-order valence-corrected chi connectivity index (χ2v) is 6.08. The Morgan fingerprint density at radius 3 is 2.69 bits per heavy atom. The molecule has 0 spiro atoms. The molecule has 7 heteroatoms. The predicted molar refractivity (Wildman–Crippen MR) is 93.6 cm³/mol. The van der Waals surface area contributed by atoms with E-state index in [1.54, 1.807) is 43.3 Å². The first kappa shape index (κ1) is 16.0. The summed E-state index contributed by atoms with van der Waals surface area (Å²) in [6.45, 7) is 1.81. The van der Waals surface area contributed by atoms with Gasteiger partial charge in [-0.05, 0) is 35.7 Å². The smallest absolute Gasteiger partial charge is 0.336 e. The largest absolute Gasteiger partial charge is 0.710 e. The summed E-state index contributed by atoms with van der Waals surface area (Å²) in [6, 6.07) is 13.8. The second kappa shape index (κ2) is 6.11. The Labute approximate surface area is 148 Å². The number of nitrogens with zero attached hydrogens (tertiary/aromatic N) is 4. The predicted octanol–water partition coefficient (Wildman–Crippen LogP) is 2.27. The number of imidazole rings is 1. The zero-order chi connectivity index (χ0) is 18.3. The van der Waals surface area contributed by atoms with Crippen LogP contribution in [0.2, 0.25) is 0 Å². The van der Waals surface area contributed by atoms with E-state index in [1.165, 1.54) is 21.4 Å². The third-order valence-electron chi connectivity index (χ3n) is 4.24. The molecule has 6 nitrogen and oxygen atoms in total. The highest BCUT2D eigenvalue weighted by molar-refractivity contribution is 5.51. The average Bonchev–Trinajstić information content (AvgIpc) is 2.99. The van der Waals surface area contributed by atoms with Crippen LogP contribution in [0.5, 0.6) is 0 Å². The van der Waals surface area contributed by atoms with Crippen LogP contribution in [0.1, 0.15) is 11.1 Å². The van der Waals surface area contributed by atoms with Gasteiger partial charge in [-0.25, -0.2) is 18.5 Å². The molecule has 0 radical (unpaired) electrons. The van der Waals surface area contributed by atoms with Crippen molar-refractivity contribution in [3.8, 4) is 17.2 Å². The van der Waals surface area contributed by atoms with Crippen molar-refractivity contribution < 1.29 is 9.12 Å². The Bertz CT molecular complexity index is 1120. The first-order valence-electron chi connectivity index (χ1n) is 8.05. The van der Waals surface area contributed by atoms with E-state index in [-0.39, 0.29) is 23.9 Å². The number of hydrogen-bond donors (Lipinski definition) is 0. The molecule has 26 heavy (non-hydrogen) atoms. The van der Waals surface area contributed by atoms with Crippen molar-refractivity contribution in [1.29, 1.82) is 0 Å². The summed E-state index contributed by atoms with van der Waals surface area (Å²) < 4.78 is 17.5. The van der Waals surface area contributed by atoms with Gasteiger partial charge in [0, 0.05) is 5.56 Å². The van der Waals surface area contributed by atoms with E-state index >= 15 is 0 Å². The van der Waals surface area contributed by atoms with E-state index < -0.39 is 5.69 Å². The highest BCUT2D eigenvalue weighted by Crippen LogP contribution is 2.18. The van der Waals surface area contributed by atoms with E-state index in [1.807, 2.05) is 6.07 Å². The Morgan fingerprint density at radius 2 is 1.96 bits per heavy atom. The molecule has 0 atom stereocenters. The zero-order valence-corrected chi connectivity index (χ0v) is 14.0. The maximum atomic E-state index is 14.2. The van der Waals surface area contributed by atoms with Crippen molar-refractivity contribution in [2.45, 2.75) is 13.5 Å². The second-order valence-electron chi connectivity index (χ2n) is 6.08. The lowest BCUT2D eigenvalue weighted by atomic mass is 10.1. The highest BCUT2D eigenvalue weighted by atomic mass is 19.1. The van der Waals surface area contributed by atoms with Gasteiger partial charge in [0.15, 0.2) is 0 Å². The summed E-state index contributed by atoms with van der Waals surface area (Å²) in [5.41, 5.74) is 1.59. The number of aromatic nitrogens is 4. The maximum absolute atomic E-state index is 14.2. The van der Waals surface area contributed by atoms with Crippen LogP contribution in [0, 0.1) is 17.9 Å². The monoisotopic (exact) mass is 350 g/mol. The van der Waals surface area contributed by atoms with Gasteiger partial charge in [-0.15, -0.1) is 0 Å². The summed E-state index contributed by atoms with van der Waals surface area (Å²) in [4.78, 5) is 17.1. The first-order valence-corrected chi connectivity index (χ1v) is 8.05. The molecule has 0 aromatic heterocycles. The lowest BCUT2D eigenvalue weighted by molar-refractivity contribution is -0.592. The van der Waals surface area contributed by atoms with Crippen LogP contribution < -0.4 is 10.4 Å². The molecule has 2 aromatic rings. The molecule has 0 unspecified atom stereocenters. The number of rotatable bonds is 3. The number of hydrogen-bond acceptors (Lipinski definition) is 3. The summed E-state index contributed by atoms with van der Waals surface area (Å²) in [7, 11) is 0. The fraction of sp³-hybridized carbons (Fsp3) is 0.105. The molecule has 2 aromatic carbocycles. The molecule has 0 bridgehead atoms. The minimum atomic E-state index is -0.401. The number of halogens is 1. The van der Waals surface area contributed by atoms with E-state index in [0.717, 1.165) is 11.9 Å². The van der Waals surface area contributed by atoms with E-state index in [9.17, 15) is 14.4 Å². The fourth-order valence-electron chi connectivity index (χ4n) is 2.93. The van der Waals surface area contributed by atoms with Gasteiger partial charge in [-0.3, -0.25) is 4.57 Å². The van der Waals surface area contributed by atoms with E-state index in [0.29, 0.717) is 16.0 Å². The first-order chi connectivity index (χ1) is 12.5. The molecule has 0 saturated carbocycles. The quantitative estimate of drug-likeness (QED) is 0.420. The van der Waals surface area contributed by atoms with Gasteiger partial charge in [-0.2, -0.15) is 0 Å². The molecule has 2 heterocycles. The molecular weight excluding hydrogens is 335 g/mol. The Balaban J connectivity index is 1.93. The zero-order valence-electron chi connectivity index (χ0n) is 14.0. The summed E-state index contributed by atoms with van der Waals surface area (Å²) in [5, 5.41) is 12.0. The Hall–Kier alpha value is -3.48. The van der Waals surface area contributed by atoms with Crippen molar-refractivity contribution in [3.05, 3.63) is 93.7 Å². The normalized spacial score (nSPS) is 11.2. The summed E-state index contributed by atoms with van der Waals surface area (Å²) in [5.74, 6) is -0.129. The third-order valence-corrected chi connectivity index (χ3v) is 4.24. The SMILES string of the molecule is Cc1ccc(Cn2cc3[n+]([O-])cnc-3n(-c3ccccc3)c2=O)c(F)c1. The maximum Gasteiger partial charge on any atom is 0.336 e. The fourth-order valence-corrected chi connectivity index (χ4v) is 2.93. The average molecular weight is 350 g/mol. The Morgan fingerprint density at radius 1 is 1.19 bits per heavy atom. The van der Waals surface area contributed by atoms with Crippen LogP contribution in [0.3, 0.4) is 0 Å². The van der Waals surface area contributed by atoms with Gasteiger partial charge < -0.3 is 5.21 Å². The van der Waals surface area contributed by atoms with Gasteiger partial charge in [0.05, 0.1) is 18.4 Å². The van der Waals surface area contributed by atoms with Crippen molar-refractivity contribution in [2.75, 3.05) is 0 Å². The molecule has 4 rings (SSSR count). The van der Waals surface area contributed by atoms with Gasteiger partial charge in [0.1, 0.15) is 5.82 Å². The summed E-state index contributed by atoms with van der Waals surface area (Å²) >= 11 is 0. The topological polar surface area (TPSA) is 66.8 Å². The van der Waals surface area contributed by atoms with Crippen LogP contribution in [0.15, 0.2) is 65.8 Å². The standard InChI is InChI=1S/C19H15FN4O2/c1-13-7-8-14(16(20)9-13)10-22-11-17-18(21-12-23(17)26)24(19(22)25)15-5-3-2-4-6-15/h2-9,11-12H,10H2,1H3. The van der Waals surface area contributed by atoms with Crippen LogP contribution in [-0.2, 0) is 6.54 Å². The van der Waals surface area contributed by atoms with Crippen LogP contribution >= 0.6 is 0 Å². The number of benzene rings is 2. The Kier molecular flexibility index (Phi) is 3.76. The van der Waals surface area contributed by atoms with Crippen molar-refractivity contribution in [2.24, 2.45) is 0 Å². The van der Waals surface area contributed by atoms with Crippen molar-refractivity contribution in [1.82, 2.24) is 14.1 Å². The van der Waals surface area contributed by atoms with Crippen LogP contribution in [0.25, 0.3) is 17.2 Å². The lowest BCUT2D eigenvalue weighted by Gasteiger charge is -2.14. The molecule has 0 fully saturated rings. The van der Waals surface area contributed by atoms with E-state index in [4.69, 9.17) is 0 Å². The van der Waals surface area contributed by atoms with Gasteiger partial charge >= 0.3 is 11.5 Å². The molecule has 130 valence electrons. The third kappa shape index (κ3) is 2.63. The van der Waals surface area contributed by atoms with Gasteiger partial charge in [0.25, 0.3) is 6.33 Å². The molecule has 0 saturated heterocycles. The van der Waals surface area contributed by atoms with Gasteiger partial charge in [-0.1, -0.05) is 30.3 Å². The minimum Gasteiger partial charge on any atom is -0.710 e. The van der Waals surface area contributed by atoms with Crippen LogP contribution in [-0.4, -0.2) is 14.1 Å². The van der Waals surface area contributed by atoms with E-state index in [2.05, 4.69) is 4.98 Å². The highest BCUT2D eigenvalue weighted by Gasteiger charge is 2.25. The molecule has 2 aliphatic rings. The number of fused-ring (bicyclic) bond motifs is 1. The van der Waals surface area contributed by atoms with Crippen LogP contribution in [0.4, 0.5) is 4.39 Å². The molecule has 0 amide bonds. The molecule has 0 aliphatic carbocycles. The lowest BCUT2D eigenvalue weighted by Crippen LogP contribution is -2.35.